The highest BCUT2D eigenvalue weighted by molar-refractivity contribution is 6.31. The maximum atomic E-state index is 13.3. The van der Waals surface area contributed by atoms with Crippen molar-refractivity contribution >= 4 is 23.1 Å². The SMILES string of the molecule is Fc1ccc2c(c1)Cc1c(Nc3ccc(F)c(Cl)c3)n[nH]c1-2. The summed E-state index contributed by atoms with van der Waals surface area (Å²) in [6.45, 7) is 0. The molecule has 0 spiro atoms. The lowest BCUT2D eigenvalue weighted by molar-refractivity contribution is 0.626. The smallest absolute Gasteiger partial charge is 0.156 e. The Balaban J connectivity index is 1.69. The topological polar surface area (TPSA) is 40.7 Å². The molecule has 3 nitrogen and oxygen atoms in total. The van der Waals surface area contributed by atoms with E-state index in [1.165, 1.54) is 24.3 Å². The van der Waals surface area contributed by atoms with Gasteiger partial charge in [-0.1, -0.05) is 11.6 Å². The van der Waals surface area contributed by atoms with Crippen LogP contribution in [0.1, 0.15) is 11.1 Å². The number of benzene rings is 2. The van der Waals surface area contributed by atoms with Crippen molar-refractivity contribution in [2.24, 2.45) is 0 Å². The Labute approximate surface area is 129 Å². The minimum Gasteiger partial charge on any atom is -0.338 e. The fourth-order valence-corrected chi connectivity index (χ4v) is 2.90. The van der Waals surface area contributed by atoms with Gasteiger partial charge in [-0.3, -0.25) is 5.10 Å². The quantitative estimate of drug-likeness (QED) is 0.564. The number of nitrogens with one attached hydrogen (secondary N) is 2. The average Bonchev–Trinajstić information content (AvgIpc) is 3.02. The number of halogens is 3. The molecule has 1 aromatic heterocycles. The second-order valence-corrected chi connectivity index (χ2v) is 5.57. The van der Waals surface area contributed by atoms with E-state index >= 15 is 0 Å². The minimum absolute atomic E-state index is 0.0440. The van der Waals surface area contributed by atoms with Crippen molar-refractivity contribution in [3.05, 3.63) is 64.2 Å². The summed E-state index contributed by atoms with van der Waals surface area (Å²) in [5.74, 6) is -0.0895. The molecule has 3 aromatic rings. The van der Waals surface area contributed by atoms with Crippen molar-refractivity contribution < 1.29 is 8.78 Å². The van der Waals surface area contributed by atoms with Gasteiger partial charge in [0.25, 0.3) is 0 Å². The van der Waals surface area contributed by atoms with Crippen molar-refractivity contribution in [1.82, 2.24) is 10.2 Å². The molecule has 0 saturated heterocycles. The van der Waals surface area contributed by atoms with Gasteiger partial charge in [-0.25, -0.2) is 8.78 Å². The first-order chi connectivity index (χ1) is 10.6. The molecule has 6 heteroatoms. The first-order valence-electron chi connectivity index (χ1n) is 6.70. The number of H-pyrrole nitrogens is 1. The second-order valence-electron chi connectivity index (χ2n) is 5.16. The maximum Gasteiger partial charge on any atom is 0.156 e. The molecule has 110 valence electrons. The van der Waals surface area contributed by atoms with Gasteiger partial charge in [0.15, 0.2) is 5.82 Å². The molecule has 1 aliphatic carbocycles. The van der Waals surface area contributed by atoms with E-state index in [1.807, 2.05) is 0 Å². The Kier molecular flexibility index (Phi) is 2.90. The van der Waals surface area contributed by atoms with Gasteiger partial charge in [-0.15, -0.1) is 0 Å². The first kappa shape index (κ1) is 13.3. The molecule has 0 aliphatic heterocycles. The van der Waals surface area contributed by atoms with Crippen molar-refractivity contribution in [2.75, 3.05) is 5.32 Å². The number of rotatable bonds is 2. The molecule has 1 heterocycles. The lowest BCUT2D eigenvalue weighted by Gasteiger charge is -2.05. The zero-order valence-corrected chi connectivity index (χ0v) is 12.0. The molecule has 0 unspecified atom stereocenters. The third kappa shape index (κ3) is 2.05. The van der Waals surface area contributed by atoms with E-state index in [1.54, 1.807) is 12.1 Å². The van der Waals surface area contributed by atoms with Crippen LogP contribution in [-0.4, -0.2) is 10.2 Å². The zero-order valence-electron chi connectivity index (χ0n) is 11.3. The van der Waals surface area contributed by atoms with Gasteiger partial charge in [0.05, 0.1) is 10.7 Å². The molecular formula is C16H10ClF2N3. The van der Waals surface area contributed by atoms with Crippen LogP contribution in [0.3, 0.4) is 0 Å². The molecule has 0 saturated carbocycles. The van der Waals surface area contributed by atoms with E-state index in [-0.39, 0.29) is 10.8 Å². The van der Waals surface area contributed by atoms with Crippen LogP contribution in [0.4, 0.5) is 20.3 Å². The largest absolute Gasteiger partial charge is 0.338 e. The number of anilines is 2. The van der Waals surface area contributed by atoms with Crippen LogP contribution in [0, 0.1) is 11.6 Å². The number of aromatic amines is 1. The molecular weight excluding hydrogens is 308 g/mol. The van der Waals surface area contributed by atoms with Crippen molar-refractivity contribution in [3.63, 3.8) is 0 Å². The monoisotopic (exact) mass is 317 g/mol. The standard InChI is InChI=1S/C16H10ClF2N3/c17-13-7-10(2-4-14(13)19)20-16-12-6-8-5-9(18)1-3-11(8)15(12)21-22-16/h1-5,7H,6H2,(H2,20,21,22). The van der Waals surface area contributed by atoms with E-state index < -0.39 is 5.82 Å². The molecule has 0 amide bonds. The lowest BCUT2D eigenvalue weighted by atomic mass is 10.1. The van der Waals surface area contributed by atoms with Crippen LogP contribution in [0.2, 0.25) is 5.02 Å². The van der Waals surface area contributed by atoms with Gasteiger partial charge in [0, 0.05) is 23.2 Å². The van der Waals surface area contributed by atoms with Crippen molar-refractivity contribution in [3.8, 4) is 11.3 Å². The van der Waals surface area contributed by atoms with E-state index in [2.05, 4.69) is 15.5 Å². The fourth-order valence-electron chi connectivity index (χ4n) is 2.72. The Morgan fingerprint density at radius 2 is 2.00 bits per heavy atom. The Bertz CT molecular complexity index is 889. The average molecular weight is 318 g/mol. The van der Waals surface area contributed by atoms with Crippen LogP contribution < -0.4 is 5.32 Å². The number of fused-ring (bicyclic) bond motifs is 3. The Morgan fingerprint density at radius 1 is 1.14 bits per heavy atom. The summed E-state index contributed by atoms with van der Waals surface area (Å²) in [6.07, 6.45) is 0.593. The summed E-state index contributed by atoms with van der Waals surface area (Å²) in [4.78, 5) is 0. The summed E-state index contributed by atoms with van der Waals surface area (Å²) >= 11 is 5.78. The highest BCUT2D eigenvalue weighted by Crippen LogP contribution is 2.39. The van der Waals surface area contributed by atoms with Crippen LogP contribution in [0.25, 0.3) is 11.3 Å². The predicted molar refractivity (Wildman–Crippen MR) is 81.5 cm³/mol. The predicted octanol–water partition coefficient (Wildman–Crippen LogP) is 4.66. The molecule has 4 rings (SSSR count). The Hall–Kier alpha value is -2.40. The molecule has 2 aromatic carbocycles. The van der Waals surface area contributed by atoms with Gasteiger partial charge in [0.2, 0.25) is 0 Å². The number of hydrogen-bond donors (Lipinski definition) is 2. The summed E-state index contributed by atoms with van der Waals surface area (Å²) in [5.41, 5.74) is 4.35. The molecule has 2 N–H and O–H groups in total. The molecule has 0 atom stereocenters. The maximum absolute atomic E-state index is 13.3. The van der Waals surface area contributed by atoms with E-state index in [9.17, 15) is 8.78 Å². The third-order valence-corrected chi connectivity index (χ3v) is 4.04. The molecule has 0 radical (unpaired) electrons. The van der Waals surface area contributed by atoms with Gasteiger partial charge in [-0.2, -0.15) is 5.10 Å². The van der Waals surface area contributed by atoms with E-state index in [0.29, 0.717) is 17.9 Å². The van der Waals surface area contributed by atoms with Gasteiger partial charge in [-0.05, 0) is 42.0 Å². The van der Waals surface area contributed by atoms with E-state index in [0.717, 1.165) is 22.4 Å². The Morgan fingerprint density at radius 3 is 2.82 bits per heavy atom. The van der Waals surface area contributed by atoms with Gasteiger partial charge >= 0.3 is 0 Å². The highest BCUT2D eigenvalue weighted by atomic mass is 35.5. The summed E-state index contributed by atoms with van der Waals surface area (Å²) in [5, 5.41) is 10.4. The van der Waals surface area contributed by atoms with Crippen LogP contribution in [0.5, 0.6) is 0 Å². The normalized spacial score (nSPS) is 12.1. The van der Waals surface area contributed by atoms with E-state index in [4.69, 9.17) is 11.6 Å². The molecule has 1 aliphatic rings. The summed E-state index contributed by atoms with van der Waals surface area (Å²) < 4.78 is 26.5. The van der Waals surface area contributed by atoms with Crippen LogP contribution in [-0.2, 0) is 6.42 Å². The van der Waals surface area contributed by atoms with Crippen LogP contribution >= 0.6 is 11.6 Å². The summed E-state index contributed by atoms with van der Waals surface area (Å²) in [6, 6.07) is 9.09. The minimum atomic E-state index is -0.470. The number of nitrogens with zero attached hydrogens (tertiary/aromatic N) is 1. The zero-order chi connectivity index (χ0) is 15.3. The number of aromatic nitrogens is 2. The molecule has 0 fully saturated rings. The second kappa shape index (κ2) is 4.81. The van der Waals surface area contributed by atoms with Crippen molar-refractivity contribution in [1.29, 1.82) is 0 Å². The fraction of sp³-hybridized carbons (Fsp3) is 0.0625. The van der Waals surface area contributed by atoms with Gasteiger partial charge < -0.3 is 5.32 Å². The number of hydrogen-bond acceptors (Lipinski definition) is 2. The first-order valence-corrected chi connectivity index (χ1v) is 7.08. The van der Waals surface area contributed by atoms with Crippen LogP contribution in [0.15, 0.2) is 36.4 Å². The van der Waals surface area contributed by atoms with Gasteiger partial charge in [0.1, 0.15) is 11.6 Å². The molecule has 0 bridgehead atoms. The summed E-state index contributed by atoms with van der Waals surface area (Å²) in [7, 11) is 0. The van der Waals surface area contributed by atoms with Crippen molar-refractivity contribution in [2.45, 2.75) is 6.42 Å². The third-order valence-electron chi connectivity index (χ3n) is 3.75. The lowest BCUT2D eigenvalue weighted by Crippen LogP contribution is -1.95. The highest BCUT2D eigenvalue weighted by Gasteiger charge is 2.24. The molecule has 22 heavy (non-hydrogen) atoms.